The average Bonchev–Trinajstić information content (AvgIpc) is 3.13. The Hall–Kier alpha value is -2.14. The monoisotopic (exact) mass is 326 g/mol. The van der Waals surface area contributed by atoms with Crippen LogP contribution in [-0.2, 0) is 17.9 Å². The fourth-order valence-electron chi connectivity index (χ4n) is 3.24. The lowest BCUT2D eigenvalue weighted by Gasteiger charge is -2.22. The number of hydrogen-bond donors (Lipinski definition) is 2. The maximum atomic E-state index is 12.1. The summed E-state index contributed by atoms with van der Waals surface area (Å²) in [4.78, 5) is 12.1. The number of carbonyl (C=O) groups excluding carboxylic acids is 1. The van der Waals surface area contributed by atoms with Crippen molar-refractivity contribution in [1.29, 1.82) is 0 Å². The van der Waals surface area contributed by atoms with Crippen LogP contribution in [0.1, 0.15) is 36.8 Å². The van der Waals surface area contributed by atoms with Crippen LogP contribution in [0.5, 0.6) is 0 Å². The van der Waals surface area contributed by atoms with E-state index in [1.54, 1.807) is 6.20 Å². The molecule has 1 aliphatic heterocycles. The maximum absolute atomic E-state index is 12.1. The van der Waals surface area contributed by atoms with Crippen LogP contribution in [0.3, 0.4) is 0 Å². The van der Waals surface area contributed by atoms with Crippen molar-refractivity contribution in [3.63, 3.8) is 0 Å². The van der Waals surface area contributed by atoms with Gasteiger partial charge >= 0.3 is 0 Å². The fourth-order valence-corrected chi connectivity index (χ4v) is 3.24. The van der Waals surface area contributed by atoms with Crippen LogP contribution in [0.2, 0.25) is 0 Å². The lowest BCUT2D eigenvalue weighted by Crippen LogP contribution is -2.29. The largest absolute Gasteiger partial charge is 0.352 e. The Kier molecular flexibility index (Phi) is 6.01. The molecule has 5 heteroatoms. The Morgan fingerprint density at radius 3 is 2.75 bits per heavy atom. The molecule has 1 aromatic heterocycles. The van der Waals surface area contributed by atoms with E-state index in [2.05, 4.69) is 27.9 Å². The predicted octanol–water partition coefficient (Wildman–Crippen LogP) is 2.33. The number of carbonyl (C=O) groups is 1. The molecule has 5 nitrogen and oxygen atoms in total. The molecule has 0 atom stereocenters. The highest BCUT2D eigenvalue weighted by atomic mass is 16.1. The first kappa shape index (κ1) is 16.7. The van der Waals surface area contributed by atoms with Gasteiger partial charge in [0.05, 0.1) is 6.54 Å². The van der Waals surface area contributed by atoms with Crippen molar-refractivity contribution in [3.8, 4) is 0 Å². The van der Waals surface area contributed by atoms with Gasteiger partial charge in [0.1, 0.15) is 0 Å². The number of rotatable bonds is 7. The summed E-state index contributed by atoms with van der Waals surface area (Å²) < 4.78 is 1.90. The van der Waals surface area contributed by atoms with E-state index < -0.39 is 0 Å². The zero-order valence-corrected chi connectivity index (χ0v) is 14.1. The Balaban J connectivity index is 1.48. The topological polar surface area (TPSA) is 59.0 Å². The lowest BCUT2D eigenvalue weighted by molar-refractivity contribution is -0.121. The summed E-state index contributed by atoms with van der Waals surface area (Å²) in [6.07, 6.45) is 7.76. The standard InChI is InChI=1S/C19H26N4O/c24-19(7-6-16-8-11-20-12-9-16)21-14-17-4-1-2-5-18(17)15-23-13-3-10-22-23/h1-5,10,13,16,20H,6-9,11-12,14-15H2,(H,21,24). The third-order valence-electron chi connectivity index (χ3n) is 4.72. The molecule has 1 aromatic carbocycles. The van der Waals surface area contributed by atoms with Gasteiger partial charge in [-0.1, -0.05) is 24.3 Å². The quantitative estimate of drug-likeness (QED) is 0.821. The minimum absolute atomic E-state index is 0.155. The molecule has 1 fully saturated rings. The highest BCUT2D eigenvalue weighted by molar-refractivity contribution is 5.75. The fraction of sp³-hybridized carbons (Fsp3) is 0.474. The van der Waals surface area contributed by atoms with Gasteiger partial charge in [-0.3, -0.25) is 9.48 Å². The van der Waals surface area contributed by atoms with E-state index in [4.69, 9.17) is 0 Å². The van der Waals surface area contributed by atoms with E-state index in [0.717, 1.165) is 31.6 Å². The first-order chi connectivity index (χ1) is 11.8. The van der Waals surface area contributed by atoms with E-state index in [9.17, 15) is 4.79 Å². The number of nitrogens with one attached hydrogen (secondary N) is 2. The average molecular weight is 326 g/mol. The highest BCUT2D eigenvalue weighted by Crippen LogP contribution is 2.17. The van der Waals surface area contributed by atoms with Gasteiger partial charge in [0, 0.05) is 25.4 Å². The molecule has 2 N–H and O–H groups in total. The van der Waals surface area contributed by atoms with Crippen molar-refractivity contribution in [3.05, 3.63) is 53.9 Å². The number of aromatic nitrogens is 2. The molecular weight excluding hydrogens is 300 g/mol. The molecule has 3 rings (SSSR count). The van der Waals surface area contributed by atoms with Crippen LogP contribution >= 0.6 is 0 Å². The van der Waals surface area contributed by atoms with Gasteiger partial charge in [-0.05, 0) is 55.5 Å². The molecule has 0 aliphatic carbocycles. The Morgan fingerprint density at radius 1 is 1.21 bits per heavy atom. The minimum Gasteiger partial charge on any atom is -0.352 e. The first-order valence-corrected chi connectivity index (χ1v) is 8.83. The molecule has 1 amide bonds. The van der Waals surface area contributed by atoms with E-state index >= 15 is 0 Å². The number of amides is 1. The van der Waals surface area contributed by atoms with Crippen molar-refractivity contribution < 1.29 is 4.79 Å². The van der Waals surface area contributed by atoms with Crippen molar-refractivity contribution >= 4 is 5.91 Å². The van der Waals surface area contributed by atoms with Crippen molar-refractivity contribution in [2.45, 2.75) is 38.8 Å². The minimum atomic E-state index is 0.155. The van der Waals surface area contributed by atoms with Gasteiger partial charge in [0.2, 0.25) is 5.91 Å². The summed E-state index contributed by atoms with van der Waals surface area (Å²) in [6, 6.07) is 10.1. The van der Waals surface area contributed by atoms with E-state index in [0.29, 0.717) is 18.9 Å². The van der Waals surface area contributed by atoms with Crippen LogP contribution in [-0.4, -0.2) is 28.8 Å². The molecular formula is C19H26N4O. The van der Waals surface area contributed by atoms with Gasteiger partial charge in [-0.25, -0.2) is 0 Å². The summed E-state index contributed by atoms with van der Waals surface area (Å²) >= 11 is 0. The molecule has 24 heavy (non-hydrogen) atoms. The summed E-state index contributed by atoms with van der Waals surface area (Å²) in [7, 11) is 0. The highest BCUT2D eigenvalue weighted by Gasteiger charge is 2.14. The summed E-state index contributed by atoms with van der Waals surface area (Å²) in [5, 5.41) is 10.7. The van der Waals surface area contributed by atoms with Gasteiger partial charge in [-0.15, -0.1) is 0 Å². The second-order valence-corrected chi connectivity index (χ2v) is 6.48. The SMILES string of the molecule is O=C(CCC1CCNCC1)NCc1ccccc1Cn1cccn1. The molecule has 0 saturated carbocycles. The van der Waals surface area contributed by atoms with E-state index in [1.807, 2.05) is 29.1 Å². The van der Waals surface area contributed by atoms with Gasteiger partial charge < -0.3 is 10.6 Å². The van der Waals surface area contributed by atoms with Crippen LogP contribution in [0, 0.1) is 5.92 Å². The summed E-state index contributed by atoms with van der Waals surface area (Å²) in [5.74, 6) is 0.853. The number of piperidine rings is 1. The second kappa shape index (κ2) is 8.64. The Labute approximate surface area is 143 Å². The van der Waals surface area contributed by atoms with Crippen molar-refractivity contribution in [2.75, 3.05) is 13.1 Å². The third kappa shape index (κ3) is 4.93. The number of nitrogens with zero attached hydrogens (tertiary/aromatic N) is 2. The molecule has 2 aromatic rings. The molecule has 0 radical (unpaired) electrons. The van der Waals surface area contributed by atoms with Crippen LogP contribution in [0.4, 0.5) is 0 Å². The Morgan fingerprint density at radius 2 is 2.00 bits per heavy atom. The third-order valence-corrected chi connectivity index (χ3v) is 4.72. The van der Waals surface area contributed by atoms with Crippen molar-refractivity contribution in [1.82, 2.24) is 20.4 Å². The summed E-state index contributed by atoms with van der Waals surface area (Å²) in [6.45, 7) is 3.50. The van der Waals surface area contributed by atoms with Gasteiger partial charge in [-0.2, -0.15) is 5.10 Å². The van der Waals surface area contributed by atoms with Gasteiger partial charge in [0.15, 0.2) is 0 Å². The summed E-state index contributed by atoms with van der Waals surface area (Å²) in [5.41, 5.74) is 2.35. The number of benzene rings is 1. The molecule has 0 spiro atoms. The van der Waals surface area contributed by atoms with Crippen LogP contribution < -0.4 is 10.6 Å². The molecule has 0 unspecified atom stereocenters. The zero-order valence-electron chi connectivity index (χ0n) is 14.1. The molecule has 1 aliphatic rings. The maximum Gasteiger partial charge on any atom is 0.220 e. The van der Waals surface area contributed by atoms with Crippen LogP contribution in [0.25, 0.3) is 0 Å². The molecule has 1 saturated heterocycles. The first-order valence-electron chi connectivity index (χ1n) is 8.83. The normalized spacial score (nSPS) is 15.3. The van der Waals surface area contributed by atoms with E-state index in [1.165, 1.54) is 18.4 Å². The van der Waals surface area contributed by atoms with Crippen LogP contribution in [0.15, 0.2) is 42.7 Å². The molecule has 2 heterocycles. The smallest absolute Gasteiger partial charge is 0.220 e. The molecule has 0 bridgehead atoms. The molecule has 128 valence electrons. The van der Waals surface area contributed by atoms with E-state index in [-0.39, 0.29) is 5.91 Å². The van der Waals surface area contributed by atoms with Gasteiger partial charge in [0.25, 0.3) is 0 Å². The Bertz CT molecular complexity index is 633. The van der Waals surface area contributed by atoms with Crippen molar-refractivity contribution in [2.24, 2.45) is 5.92 Å². The lowest BCUT2D eigenvalue weighted by atomic mass is 9.93. The number of hydrogen-bond acceptors (Lipinski definition) is 3. The zero-order chi connectivity index (χ0) is 16.6. The second-order valence-electron chi connectivity index (χ2n) is 6.48. The predicted molar refractivity (Wildman–Crippen MR) is 94.4 cm³/mol.